The van der Waals surface area contributed by atoms with E-state index in [1.54, 1.807) is 12.0 Å². The van der Waals surface area contributed by atoms with Crippen molar-refractivity contribution in [1.29, 1.82) is 0 Å². The normalized spacial score (nSPS) is 30.1. The molecule has 2 fully saturated rings. The first-order chi connectivity index (χ1) is 9.49. The summed E-state index contributed by atoms with van der Waals surface area (Å²) in [5.41, 5.74) is -0.701. The molecule has 0 aromatic carbocycles. The summed E-state index contributed by atoms with van der Waals surface area (Å²) >= 11 is 0. The molecule has 3 atom stereocenters. The molecule has 1 saturated heterocycles. The summed E-state index contributed by atoms with van der Waals surface area (Å²) in [6.07, 6.45) is 3.31. The largest absolute Gasteiger partial charge is 0.481 e. The van der Waals surface area contributed by atoms with Gasteiger partial charge in [0.2, 0.25) is 0 Å². The van der Waals surface area contributed by atoms with Crippen molar-refractivity contribution in [3.63, 3.8) is 0 Å². The molecule has 2 rings (SSSR count). The zero-order chi connectivity index (χ0) is 14.8. The lowest BCUT2D eigenvalue weighted by atomic mass is 9.81. The molecule has 0 radical (unpaired) electrons. The predicted molar refractivity (Wildman–Crippen MR) is 73.5 cm³/mol. The van der Waals surface area contributed by atoms with Crippen LogP contribution < -0.4 is 5.32 Å². The van der Waals surface area contributed by atoms with E-state index in [4.69, 9.17) is 4.74 Å². The van der Waals surface area contributed by atoms with E-state index in [0.29, 0.717) is 26.1 Å². The third kappa shape index (κ3) is 2.75. The molecule has 114 valence electrons. The number of amides is 2. The van der Waals surface area contributed by atoms with Crippen LogP contribution in [0.2, 0.25) is 0 Å². The number of rotatable bonds is 5. The molecule has 2 aliphatic rings. The van der Waals surface area contributed by atoms with Gasteiger partial charge in [0.25, 0.3) is 0 Å². The number of fused-ring (bicyclic) bond motifs is 1. The lowest BCUT2D eigenvalue weighted by Crippen LogP contribution is -2.45. The average molecular weight is 284 g/mol. The van der Waals surface area contributed by atoms with Crippen molar-refractivity contribution in [3.05, 3.63) is 0 Å². The Morgan fingerprint density at radius 3 is 2.90 bits per heavy atom. The van der Waals surface area contributed by atoms with Gasteiger partial charge >= 0.3 is 12.0 Å². The number of methoxy groups -OCH3 is 1. The van der Waals surface area contributed by atoms with Crippen LogP contribution in [0.3, 0.4) is 0 Å². The summed E-state index contributed by atoms with van der Waals surface area (Å²) in [5, 5.41) is 12.4. The van der Waals surface area contributed by atoms with Gasteiger partial charge in [-0.1, -0.05) is 6.42 Å². The second kappa shape index (κ2) is 5.99. The highest BCUT2D eigenvalue weighted by Crippen LogP contribution is 2.48. The first-order valence-electron chi connectivity index (χ1n) is 7.27. The zero-order valence-electron chi connectivity index (χ0n) is 12.2. The molecule has 1 heterocycles. The van der Waals surface area contributed by atoms with E-state index < -0.39 is 11.4 Å². The molecule has 2 amide bonds. The van der Waals surface area contributed by atoms with Crippen LogP contribution in [0.1, 0.15) is 32.6 Å². The maximum absolute atomic E-state index is 12.2. The Morgan fingerprint density at radius 1 is 1.55 bits per heavy atom. The Morgan fingerprint density at radius 2 is 2.30 bits per heavy atom. The summed E-state index contributed by atoms with van der Waals surface area (Å²) in [6.45, 7) is 3.44. The first-order valence-corrected chi connectivity index (χ1v) is 7.27. The molecule has 0 spiro atoms. The van der Waals surface area contributed by atoms with E-state index >= 15 is 0 Å². The number of ether oxygens (including phenoxy) is 1. The van der Waals surface area contributed by atoms with Crippen LogP contribution in [0, 0.1) is 11.3 Å². The van der Waals surface area contributed by atoms with Gasteiger partial charge in [0, 0.05) is 32.8 Å². The number of hydrogen-bond acceptors (Lipinski definition) is 3. The molecule has 0 aromatic rings. The quantitative estimate of drug-likeness (QED) is 0.798. The van der Waals surface area contributed by atoms with E-state index in [1.165, 1.54) is 0 Å². The molecule has 1 aliphatic heterocycles. The minimum absolute atomic E-state index is 0.0312. The van der Waals surface area contributed by atoms with E-state index in [0.717, 1.165) is 19.3 Å². The number of nitrogens with zero attached hydrogens (tertiary/aromatic N) is 1. The van der Waals surface area contributed by atoms with Crippen molar-refractivity contribution >= 4 is 12.0 Å². The lowest BCUT2D eigenvalue weighted by molar-refractivity contribution is -0.149. The molecule has 0 aromatic heterocycles. The standard InChI is InChI=1S/C14H24N2O4/c1-10(5-7-20-2)15-13(19)16-8-11-4-3-6-14(11,9-16)12(17)18/h10-11H,3-9H2,1-2H3,(H,15,19)(H,17,18)/t10?,11-,14+/m0/s1. The SMILES string of the molecule is COCCC(C)NC(=O)N1C[C@@H]2CCC[C@@]2(C(=O)O)C1. The van der Waals surface area contributed by atoms with Gasteiger partial charge in [0.05, 0.1) is 5.41 Å². The molecule has 1 saturated carbocycles. The van der Waals surface area contributed by atoms with Gasteiger partial charge < -0.3 is 20.1 Å². The monoisotopic (exact) mass is 284 g/mol. The van der Waals surface area contributed by atoms with Crippen molar-refractivity contribution in [2.75, 3.05) is 26.8 Å². The maximum atomic E-state index is 12.2. The molecule has 6 heteroatoms. The lowest BCUT2D eigenvalue weighted by Gasteiger charge is -2.24. The van der Waals surface area contributed by atoms with Crippen LogP contribution in [0.15, 0.2) is 0 Å². The smallest absolute Gasteiger partial charge is 0.317 e. The second-order valence-corrected chi connectivity index (χ2v) is 6.06. The fraction of sp³-hybridized carbons (Fsp3) is 0.857. The number of carbonyl (C=O) groups excluding carboxylic acids is 1. The van der Waals surface area contributed by atoms with Gasteiger partial charge in [0.15, 0.2) is 0 Å². The van der Waals surface area contributed by atoms with E-state index in [2.05, 4.69) is 5.32 Å². The summed E-state index contributed by atoms with van der Waals surface area (Å²) < 4.78 is 4.99. The number of likely N-dealkylation sites (tertiary alicyclic amines) is 1. The van der Waals surface area contributed by atoms with E-state index in [1.807, 2.05) is 6.92 Å². The van der Waals surface area contributed by atoms with Crippen LogP contribution in [-0.2, 0) is 9.53 Å². The zero-order valence-corrected chi connectivity index (χ0v) is 12.2. The number of carbonyl (C=O) groups is 2. The molecule has 1 unspecified atom stereocenters. The fourth-order valence-electron chi connectivity index (χ4n) is 3.46. The van der Waals surface area contributed by atoms with Gasteiger partial charge in [-0.2, -0.15) is 0 Å². The highest BCUT2D eigenvalue weighted by atomic mass is 16.5. The summed E-state index contributed by atoms with van der Waals surface area (Å²) in [6, 6.07) is -0.118. The molecular weight excluding hydrogens is 260 g/mol. The van der Waals surface area contributed by atoms with Crippen LogP contribution in [-0.4, -0.2) is 54.9 Å². The van der Waals surface area contributed by atoms with Crippen LogP contribution in [0.5, 0.6) is 0 Å². The molecule has 0 bridgehead atoms. The fourth-order valence-corrected chi connectivity index (χ4v) is 3.46. The van der Waals surface area contributed by atoms with E-state index in [-0.39, 0.29) is 18.0 Å². The third-order valence-corrected chi connectivity index (χ3v) is 4.71. The molecule has 1 aliphatic carbocycles. The highest BCUT2D eigenvalue weighted by Gasteiger charge is 2.55. The van der Waals surface area contributed by atoms with Crippen molar-refractivity contribution in [2.24, 2.45) is 11.3 Å². The summed E-state index contributed by atoms with van der Waals surface area (Å²) in [4.78, 5) is 25.4. The molecule has 6 nitrogen and oxygen atoms in total. The predicted octanol–water partition coefficient (Wildman–Crippen LogP) is 1.31. The van der Waals surface area contributed by atoms with Crippen LogP contribution in [0.25, 0.3) is 0 Å². The van der Waals surface area contributed by atoms with Gasteiger partial charge in [-0.15, -0.1) is 0 Å². The van der Waals surface area contributed by atoms with Crippen molar-refractivity contribution < 1.29 is 19.4 Å². The number of aliphatic carboxylic acids is 1. The minimum Gasteiger partial charge on any atom is -0.481 e. The highest BCUT2D eigenvalue weighted by molar-refractivity contribution is 5.80. The maximum Gasteiger partial charge on any atom is 0.317 e. The van der Waals surface area contributed by atoms with E-state index in [9.17, 15) is 14.7 Å². The summed E-state index contributed by atoms with van der Waals surface area (Å²) in [5.74, 6) is -0.636. The van der Waals surface area contributed by atoms with Crippen molar-refractivity contribution in [2.45, 2.75) is 38.6 Å². The summed E-state index contributed by atoms with van der Waals surface area (Å²) in [7, 11) is 1.63. The third-order valence-electron chi connectivity index (χ3n) is 4.71. The second-order valence-electron chi connectivity index (χ2n) is 6.06. The Hall–Kier alpha value is -1.30. The van der Waals surface area contributed by atoms with Crippen molar-refractivity contribution in [3.8, 4) is 0 Å². The average Bonchev–Trinajstić information content (AvgIpc) is 2.93. The van der Waals surface area contributed by atoms with Gasteiger partial charge in [0.1, 0.15) is 0 Å². The molecule has 2 N–H and O–H groups in total. The van der Waals surface area contributed by atoms with Crippen LogP contribution in [0.4, 0.5) is 4.79 Å². The number of carboxylic acids is 1. The Kier molecular flexibility index (Phi) is 4.52. The number of hydrogen-bond donors (Lipinski definition) is 2. The Labute approximate surface area is 119 Å². The first kappa shape index (κ1) is 15.1. The minimum atomic E-state index is -0.747. The molecule has 20 heavy (non-hydrogen) atoms. The van der Waals surface area contributed by atoms with Crippen LogP contribution >= 0.6 is 0 Å². The Bertz CT molecular complexity index is 387. The number of carboxylic acid groups (broad SMARTS) is 1. The molecular formula is C14H24N2O4. The van der Waals surface area contributed by atoms with Crippen molar-refractivity contribution in [1.82, 2.24) is 10.2 Å². The van der Waals surface area contributed by atoms with Gasteiger partial charge in [-0.05, 0) is 32.1 Å². The Balaban J connectivity index is 1.92. The van der Waals surface area contributed by atoms with Gasteiger partial charge in [-0.25, -0.2) is 4.79 Å². The van der Waals surface area contributed by atoms with Gasteiger partial charge in [-0.3, -0.25) is 4.79 Å². The topological polar surface area (TPSA) is 78.9 Å². The number of nitrogens with one attached hydrogen (secondary N) is 1. The number of urea groups is 1.